The monoisotopic (exact) mass is 242 g/mol. The van der Waals surface area contributed by atoms with E-state index in [2.05, 4.69) is 4.74 Å². The largest absolute Gasteiger partial charge is 0.469 e. The van der Waals surface area contributed by atoms with Gasteiger partial charge in [-0.25, -0.2) is 0 Å². The van der Waals surface area contributed by atoms with Crippen LogP contribution in [0.25, 0.3) is 0 Å². The highest BCUT2D eigenvalue weighted by molar-refractivity contribution is 6.31. The van der Waals surface area contributed by atoms with Crippen LogP contribution in [0.2, 0.25) is 5.02 Å². The van der Waals surface area contributed by atoms with Gasteiger partial charge >= 0.3 is 5.97 Å². The van der Waals surface area contributed by atoms with Crippen LogP contribution in [-0.2, 0) is 9.53 Å². The summed E-state index contributed by atoms with van der Waals surface area (Å²) >= 11 is 5.88. The fraction of sp³-hybridized carbons (Fsp3) is 0.417. The Hall–Kier alpha value is -1.06. The van der Waals surface area contributed by atoms with Crippen LogP contribution in [0, 0.1) is 6.92 Å². The lowest BCUT2D eigenvalue weighted by Gasteiger charge is -2.11. The van der Waals surface area contributed by atoms with Crippen LogP contribution in [0.5, 0.6) is 0 Å². The van der Waals surface area contributed by atoms with Crippen molar-refractivity contribution in [3.63, 3.8) is 0 Å². The Labute approximate surface area is 100.0 Å². The van der Waals surface area contributed by atoms with Crippen LogP contribution in [0.4, 0.5) is 0 Å². The van der Waals surface area contributed by atoms with Gasteiger partial charge in [0.2, 0.25) is 0 Å². The van der Waals surface area contributed by atoms with Crippen LogP contribution in [0.1, 0.15) is 30.1 Å². The third kappa shape index (κ3) is 3.51. The summed E-state index contributed by atoms with van der Waals surface area (Å²) in [4.78, 5) is 10.9. The van der Waals surface area contributed by atoms with Gasteiger partial charge in [-0.1, -0.05) is 23.7 Å². The molecule has 0 aliphatic heterocycles. The van der Waals surface area contributed by atoms with Crippen molar-refractivity contribution in [1.29, 1.82) is 0 Å². The molecule has 0 heterocycles. The van der Waals surface area contributed by atoms with Gasteiger partial charge in [0, 0.05) is 11.4 Å². The molecule has 16 heavy (non-hydrogen) atoms. The number of rotatable bonds is 4. The molecule has 4 heteroatoms. The van der Waals surface area contributed by atoms with E-state index >= 15 is 0 Å². The van der Waals surface area contributed by atoms with Gasteiger partial charge in [0.25, 0.3) is 0 Å². The standard InChI is InChI=1S/C12H15ClO3/c1-8-7-9(3-4-10(8)13)11(14)5-6-12(15)16-2/h3-4,7,11,14H,5-6H2,1-2H3. The lowest BCUT2D eigenvalue weighted by atomic mass is 10.0. The predicted molar refractivity (Wildman–Crippen MR) is 62.4 cm³/mol. The topological polar surface area (TPSA) is 46.5 Å². The first kappa shape index (κ1) is 13.0. The molecule has 1 unspecified atom stereocenters. The van der Waals surface area contributed by atoms with Gasteiger partial charge < -0.3 is 9.84 Å². The van der Waals surface area contributed by atoms with E-state index in [4.69, 9.17) is 11.6 Å². The summed E-state index contributed by atoms with van der Waals surface area (Å²) in [5.74, 6) is -0.315. The van der Waals surface area contributed by atoms with Crippen molar-refractivity contribution in [2.24, 2.45) is 0 Å². The number of esters is 1. The van der Waals surface area contributed by atoms with Crippen molar-refractivity contribution in [2.75, 3.05) is 7.11 Å². The lowest BCUT2D eigenvalue weighted by Crippen LogP contribution is -2.05. The quantitative estimate of drug-likeness (QED) is 0.826. The number of aliphatic hydroxyl groups is 1. The first-order chi connectivity index (χ1) is 7.54. The van der Waals surface area contributed by atoms with E-state index in [9.17, 15) is 9.90 Å². The molecule has 0 saturated heterocycles. The summed E-state index contributed by atoms with van der Waals surface area (Å²) < 4.78 is 4.51. The average molecular weight is 243 g/mol. The summed E-state index contributed by atoms with van der Waals surface area (Å²) in [6, 6.07) is 5.33. The Kier molecular flexibility index (Phi) is 4.77. The number of carbonyl (C=O) groups is 1. The maximum absolute atomic E-state index is 10.9. The molecule has 0 aromatic heterocycles. The average Bonchev–Trinajstić information content (AvgIpc) is 2.29. The number of aryl methyl sites for hydroxylation is 1. The third-order valence-electron chi connectivity index (χ3n) is 2.42. The summed E-state index contributed by atoms with van der Waals surface area (Å²) in [7, 11) is 1.33. The maximum Gasteiger partial charge on any atom is 0.305 e. The van der Waals surface area contributed by atoms with Crippen LogP contribution < -0.4 is 0 Å². The van der Waals surface area contributed by atoms with Crippen molar-refractivity contribution >= 4 is 17.6 Å². The number of ether oxygens (including phenoxy) is 1. The minimum absolute atomic E-state index is 0.208. The smallest absolute Gasteiger partial charge is 0.305 e. The Balaban J connectivity index is 2.62. The molecule has 0 spiro atoms. The zero-order valence-corrected chi connectivity index (χ0v) is 10.1. The molecule has 88 valence electrons. The number of hydrogen-bond acceptors (Lipinski definition) is 3. The molecule has 0 radical (unpaired) electrons. The van der Waals surface area contributed by atoms with E-state index < -0.39 is 6.10 Å². The molecule has 0 bridgehead atoms. The number of hydrogen-bond donors (Lipinski definition) is 1. The van der Waals surface area contributed by atoms with Gasteiger partial charge in [0.15, 0.2) is 0 Å². The third-order valence-corrected chi connectivity index (χ3v) is 2.84. The van der Waals surface area contributed by atoms with E-state index in [1.165, 1.54) is 7.11 Å². The number of halogens is 1. The molecule has 1 aromatic carbocycles. The van der Waals surface area contributed by atoms with Crippen LogP contribution in [0.15, 0.2) is 18.2 Å². The number of carbonyl (C=O) groups excluding carboxylic acids is 1. The van der Waals surface area contributed by atoms with Gasteiger partial charge in [-0.2, -0.15) is 0 Å². The van der Waals surface area contributed by atoms with Gasteiger partial charge in [0.05, 0.1) is 13.2 Å². The second kappa shape index (κ2) is 5.87. The first-order valence-electron chi connectivity index (χ1n) is 5.05. The summed E-state index contributed by atoms with van der Waals surface area (Å²) in [6.07, 6.45) is -0.0948. The summed E-state index contributed by atoms with van der Waals surface area (Å²) in [6.45, 7) is 1.87. The molecular formula is C12H15ClO3. The van der Waals surface area contributed by atoms with Gasteiger partial charge in [-0.05, 0) is 30.5 Å². The second-order valence-electron chi connectivity index (χ2n) is 3.64. The van der Waals surface area contributed by atoms with Gasteiger partial charge in [-0.15, -0.1) is 0 Å². The van der Waals surface area contributed by atoms with Crippen LogP contribution >= 0.6 is 11.6 Å². The Morgan fingerprint density at radius 2 is 2.25 bits per heavy atom. The normalized spacial score (nSPS) is 12.2. The zero-order chi connectivity index (χ0) is 12.1. The van der Waals surface area contributed by atoms with Crippen molar-refractivity contribution < 1.29 is 14.6 Å². The molecule has 0 saturated carbocycles. The zero-order valence-electron chi connectivity index (χ0n) is 9.37. The van der Waals surface area contributed by atoms with Gasteiger partial charge in [0.1, 0.15) is 0 Å². The Morgan fingerprint density at radius 3 is 2.81 bits per heavy atom. The molecule has 1 atom stereocenters. The van der Waals surface area contributed by atoms with Crippen molar-refractivity contribution in [2.45, 2.75) is 25.9 Å². The fourth-order valence-corrected chi connectivity index (χ4v) is 1.52. The highest BCUT2D eigenvalue weighted by Crippen LogP contribution is 2.23. The van der Waals surface area contributed by atoms with Crippen molar-refractivity contribution in [1.82, 2.24) is 0 Å². The molecule has 1 rings (SSSR count). The number of aliphatic hydroxyl groups excluding tert-OH is 1. The van der Waals surface area contributed by atoms with Gasteiger partial charge in [-0.3, -0.25) is 4.79 Å². The minimum Gasteiger partial charge on any atom is -0.469 e. The summed E-state index contributed by atoms with van der Waals surface area (Å²) in [5.41, 5.74) is 1.68. The number of methoxy groups -OCH3 is 1. The molecule has 1 aromatic rings. The molecule has 0 aliphatic rings. The summed E-state index contributed by atoms with van der Waals surface area (Å²) in [5, 5.41) is 10.5. The highest BCUT2D eigenvalue weighted by Gasteiger charge is 2.11. The molecule has 0 fully saturated rings. The maximum atomic E-state index is 10.9. The molecule has 0 aliphatic carbocycles. The minimum atomic E-state index is -0.657. The molecule has 3 nitrogen and oxygen atoms in total. The van der Waals surface area contributed by atoms with Crippen molar-refractivity contribution in [3.05, 3.63) is 34.3 Å². The predicted octanol–water partition coefficient (Wildman–Crippen LogP) is 2.64. The second-order valence-corrected chi connectivity index (χ2v) is 4.05. The fourth-order valence-electron chi connectivity index (χ4n) is 1.40. The molecular weight excluding hydrogens is 228 g/mol. The van der Waals surface area contributed by atoms with E-state index in [0.29, 0.717) is 11.4 Å². The molecule has 0 amide bonds. The first-order valence-corrected chi connectivity index (χ1v) is 5.43. The Morgan fingerprint density at radius 1 is 1.56 bits per heavy atom. The van der Waals surface area contributed by atoms with E-state index in [0.717, 1.165) is 11.1 Å². The van der Waals surface area contributed by atoms with E-state index in [-0.39, 0.29) is 12.4 Å². The highest BCUT2D eigenvalue weighted by atomic mass is 35.5. The van der Waals surface area contributed by atoms with E-state index in [1.54, 1.807) is 12.1 Å². The lowest BCUT2D eigenvalue weighted by molar-refractivity contribution is -0.141. The molecule has 1 N–H and O–H groups in total. The SMILES string of the molecule is COC(=O)CCC(O)c1ccc(Cl)c(C)c1. The van der Waals surface area contributed by atoms with Crippen LogP contribution in [-0.4, -0.2) is 18.2 Å². The van der Waals surface area contributed by atoms with Crippen molar-refractivity contribution in [3.8, 4) is 0 Å². The number of benzene rings is 1. The Bertz CT molecular complexity index is 377. The van der Waals surface area contributed by atoms with E-state index in [1.807, 2.05) is 13.0 Å². The van der Waals surface area contributed by atoms with Crippen LogP contribution in [0.3, 0.4) is 0 Å².